The molecule has 0 radical (unpaired) electrons. The summed E-state index contributed by atoms with van der Waals surface area (Å²) in [7, 11) is -1.80. The Kier molecular flexibility index (Phi) is 6.00. The van der Waals surface area contributed by atoms with E-state index >= 15 is 0 Å². The summed E-state index contributed by atoms with van der Waals surface area (Å²) in [5, 5.41) is 1.75. The fourth-order valence-corrected chi connectivity index (χ4v) is 5.46. The zero-order valence-corrected chi connectivity index (χ0v) is 16.9. The Labute approximate surface area is 157 Å². The van der Waals surface area contributed by atoms with Crippen LogP contribution in [0.15, 0.2) is 47.4 Å². The summed E-state index contributed by atoms with van der Waals surface area (Å²) in [6, 6.07) is 13.1. The maximum absolute atomic E-state index is 13.2. The monoisotopic (exact) mass is 374 g/mol. The molecular formula is C21H30N2O2S. The van der Waals surface area contributed by atoms with Crippen LogP contribution in [-0.4, -0.2) is 50.3 Å². The number of sulfonamides is 1. The molecule has 1 aliphatic heterocycles. The van der Waals surface area contributed by atoms with E-state index in [0.717, 1.165) is 42.7 Å². The van der Waals surface area contributed by atoms with Gasteiger partial charge in [-0.2, -0.15) is 4.31 Å². The van der Waals surface area contributed by atoms with Gasteiger partial charge in [-0.3, -0.25) is 0 Å². The molecule has 1 fully saturated rings. The van der Waals surface area contributed by atoms with Crippen LogP contribution in [0.3, 0.4) is 0 Å². The first-order valence-electron chi connectivity index (χ1n) is 9.57. The van der Waals surface area contributed by atoms with Crippen molar-refractivity contribution < 1.29 is 8.42 Å². The molecule has 0 amide bonds. The van der Waals surface area contributed by atoms with E-state index in [1.165, 1.54) is 12.8 Å². The highest BCUT2D eigenvalue weighted by molar-refractivity contribution is 7.89. The van der Waals surface area contributed by atoms with Gasteiger partial charge in [0, 0.05) is 25.0 Å². The predicted molar refractivity (Wildman–Crippen MR) is 108 cm³/mol. The number of likely N-dealkylation sites (tertiary alicyclic amines) is 1. The van der Waals surface area contributed by atoms with Crippen molar-refractivity contribution in [2.45, 2.75) is 44.0 Å². The van der Waals surface area contributed by atoms with E-state index in [2.05, 4.69) is 11.8 Å². The second-order valence-electron chi connectivity index (χ2n) is 7.68. The molecular weight excluding hydrogens is 344 g/mol. The molecule has 0 unspecified atom stereocenters. The van der Waals surface area contributed by atoms with Gasteiger partial charge >= 0.3 is 0 Å². The van der Waals surface area contributed by atoms with Crippen molar-refractivity contribution in [1.29, 1.82) is 0 Å². The number of nitrogens with zero attached hydrogens (tertiary/aromatic N) is 2. The normalized spacial score (nSPS) is 20.5. The predicted octanol–water partition coefficient (Wildman–Crippen LogP) is 3.97. The highest BCUT2D eigenvalue weighted by atomic mass is 32.2. The Balaban J connectivity index is 1.73. The first-order valence-corrected chi connectivity index (χ1v) is 11.0. The molecule has 2 aromatic carbocycles. The van der Waals surface area contributed by atoms with Crippen molar-refractivity contribution in [3.8, 4) is 0 Å². The first-order chi connectivity index (χ1) is 12.4. The molecule has 0 bridgehead atoms. The summed E-state index contributed by atoms with van der Waals surface area (Å²) in [4.78, 5) is 2.87. The average Bonchev–Trinajstić information content (AvgIpc) is 2.65. The van der Waals surface area contributed by atoms with Crippen molar-refractivity contribution in [3.63, 3.8) is 0 Å². The van der Waals surface area contributed by atoms with E-state index in [9.17, 15) is 8.42 Å². The van der Waals surface area contributed by atoms with Crippen LogP contribution in [0.1, 0.15) is 33.1 Å². The second kappa shape index (κ2) is 8.07. The summed E-state index contributed by atoms with van der Waals surface area (Å²) < 4.78 is 27.9. The highest BCUT2D eigenvalue weighted by Crippen LogP contribution is 2.26. The van der Waals surface area contributed by atoms with Gasteiger partial charge in [0.05, 0.1) is 4.90 Å². The minimum Gasteiger partial charge on any atom is -0.303 e. The quantitative estimate of drug-likeness (QED) is 0.768. The van der Waals surface area contributed by atoms with Crippen LogP contribution in [0, 0.1) is 5.92 Å². The molecule has 26 heavy (non-hydrogen) atoms. The van der Waals surface area contributed by atoms with E-state index < -0.39 is 10.0 Å². The van der Waals surface area contributed by atoms with Crippen LogP contribution in [0.25, 0.3) is 10.8 Å². The van der Waals surface area contributed by atoms with Crippen molar-refractivity contribution in [2.75, 3.05) is 26.7 Å². The molecule has 0 aliphatic carbocycles. The number of fused-ring (bicyclic) bond motifs is 1. The van der Waals surface area contributed by atoms with Gasteiger partial charge in [-0.15, -0.1) is 0 Å². The standard InChI is InChI=1S/C21H30N2O2S/c1-17-8-7-14-23(16-17)15-13-18(2)22(3)26(24,25)21-12-6-10-19-9-4-5-11-20(19)21/h4-6,9-12,17-18H,7-8,13-16H2,1-3H3/t17-,18-/m0/s1. The van der Waals surface area contributed by atoms with Crippen LogP contribution in [-0.2, 0) is 10.0 Å². The van der Waals surface area contributed by atoms with Gasteiger partial charge in [-0.05, 0) is 56.6 Å². The third-order valence-corrected chi connectivity index (χ3v) is 7.66. The Morgan fingerprint density at radius 2 is 1.92 bits per heavy atom. The van der Waals surface area contributed by atoms with Gasteiger partial charge in [0.25, 0.3) is 0 Å². The lowest BCUT2D eigenvalue weighted by molar-refractivity contribution is 0.171. The summed E-state index contributed by atoms with van der Waals surface area (Å²) in [6.45, 7) is 7.53. The zero-order valence-electron chi connectivity index (χ0n) is 16.1. The molecule has 1 aliphatic rings. The van der Waals surface area contributed by atoms with E-state index in [0.29, 0.717) is 4.90 Å². The van der Waals surface area contributed by atoms with E-state index in [1.54, 1.807) is 17.4 Å². The summed E-state index contributed by atoms with van der Waals surface area (Å²) in [5.74, 6) is 0.746. The molecule has 2 atom stereocenters. The largest absolute Gasteiger partial charge is 0.303 e. The Bertz CT molecular complexity index is 845. The maximum atomic E-state index is 13.2. The number of benzene rings is 2. The first kappa shape index (κ1) is 19.3. The Morgan fingerprint density at radius 3 is 2.69 bits per heavy atom. The Hall–Kier alpha value is -1.43. The third-order valence-electron chi connectivity index (χ3n) is 5.63. The van der Waals surface area contributed by atoms with Crippen molar-refractivity contribution in [1.82, 2.24) is 9.21 Å². The zero-order chi connectivity index (χ0) is 18.7. The Morgan fingerprint density at radius 1 is 1.19 bits per heavy atom. The van der Waals surface area contributed by atoms with Gasteiger partial charge in [0.2, 0.25) is 10.0 Å². The van der Waals surface area contributed by atoms with Crippen LogP contribution in [0.4, 0.5) is 0 Å². The topological polar surface area (TPSA) is 40.6 Å². The molecule has 2 aromatic rings. The SMILES string of the molecule is C[C@H]1CCCN(CC[C@H](C)N(C)S(=O)(=O)c2cccc3ccccc23)C1. The molecule has 0 aromatic heterocycles. The highest BCUT2D eigenvalue weighted by Gasteiger charge is 2.27. The number of piperidine rings is 1. The van der Waals surface area contributed by atoms with Crippen LogP contribution >= 0.6 is 0 Å². The molecule has 0 spiro atoms. The fraction of sp³-hybridized carbons (Fsp3) is 0.524. The van der Waals surface area contributed by atoms with Gasteiger partial charge in [-0.1, -0.05) is 43.3 Å². The van der Waals surface area contributed by atoms with Crippen LogP contribution in [0.5, 0.6) is 0 Å². The van der Waals surface area contributed by atoms with E-state index in [-0.39, 0.29) is 6.04 Å². The number of hydrogen-bond donors (Lipinski definition) is 0. The minimum atomic E-state index is -3.51. The molecule has 5 heteroatoms. The van der Waals surface area contributed by atoms with Crippen LogP contribution in [0.2, 0.25) is 0 Å². The van der Waals surface area contributed by atoms with Gasteiger partial charge in [0.1, 0.15) is 0 Å². The number of hydrogen-bond acceptors (Lipinski definition) is 3. The molecule has 4 nitrogen and oxygen atoms in total. The van der Waals surface area contributed by atoms with Gasteiger partial charge in [-0.25, -0.2) is 8.42 Å². The summed E-state index contributed by atoms with van der Waals surface area (Å²) >= 11 is 0. The minimum absolute atomic E-state index is 0.0313. The number of rotatable bonds is 6. The lowest BCUT2D eigenvalue weighted by Gasteiger charge is -2.33. The molecule has 142 valence electrons. The lowest BCUT2D eigenvalue weighted by atomic mass is 10.00. The smallest absolute Gasteiger partial charge is 0.243 e. The van der Waals surface area contributed by atoms with Crippen LogP contribution < -0.4 is 0 Å². The maximum Gasteiger partial charge on any atom is 0.243 e. The molecule has 0 N–H and O–H groups in total. The van der Waals surface area contributed by atoms with Crippen molar-refractivity contribution in [3.05, 3.63) is 42.5 Å². The molecule has 0 saturated carbocycles. The van der Waals surface area contributed by atoms with E-state index in [1.807, 2.05) is 43.3 Å². The van der Waals surface area contributed by atoms with Gasteiger partial charge in [0.15, 0.2) is 0 Å². The molecule has 1 heterocycles. The lowest BCUT2D eigenvalue weighted by Crippen LogP contribution is -2.40. The fourth-order valence-electron chi connectivity index (χ4n) is 3.85. The molecule has 3 rings (SSSR count). The summed E-state index contributed by atoms with van der Waals surface area (Å²) in [5.41, 5.74) is 0. The van der Waals surface area contributed by atoms with Gasteiger partial charge < -0.3 is 4.90 Å². The van der Waals surface area contributed by atoms with Crippen molar-refractivity contribution >= 4 is 20.8 Å². The summed E-state index contributed by atoms with van der Waals surface area (Å²) in [6.07, 6.45) is 3.41. The van der Waals surface area contributed by atoms with Crippen molar-refractivity contribution in [2.24, 2.45) is 5.92 Å². The third kappa shape index (κ3) is 4.11. The average molecular weight is 375 g/mol. The second-order valence-corrected chi connectivity index (χ2v) is 9.65. The molecule has 1 saturated heterocycles. The van der Waals surface area contributed by atoms with E-state index in [4.69, 9.17) is 0 Å².